The van der Waals surface area contributed by atoms with E-state index in [1.807, 2.05) is 6.07 Å². The van der Waals surface area contributed by atoms with Gasteiger partial charge in [-0.05, 0) is 25.5 Å². The van der Waals surface area contributed by atoms with Gasteiger partial charge in [-0.3, -0.25) is 5.10 Å². The van der Waals surface area contributed by atoms with E-state index in [2.05, 4.69) is 15.5 Å². The second-order valence-corrected chi connectivity index (χ2v) is 3.44. The van der Waals surface area contributed by atoms with Crippen LogP contribution >= 0.6 is 0 Å². The number of aliphatic hydroxyl groups excluding tert-OH is 1. The van der Waals surface area contributed by atoms with Gasteiger partial charge in [-0.1, -0.05) is 0 Å². The molecule has 3 N–H and O–H groups in total. The molecule has 1 fully saturated rings. The van der Waals surface area contributed by atoms with Gasteiger partial charge in [0.1, 0.15) is 0 Å². The summed E-state index contributed by atoms with van der Waals surface area (Å²) < 4.78 is 0. The van der Waals surface area contributed by atoms with Gasteiger partial charge in [0.25, 0.3) is 0 Å². The highest BCUT2D eigenvalue weighted by Gasteiger charge is 2.18. The first kappa shape index (κ1) is 8.72. The standard InChI is InChI=1S/C9H15N3O/c13-5-3-7-6-9(12-11-7)8-2-1-4-10-8/h6,8,10,13H,1-5H2,(H,11,12)/t8-/m0/s1. The lowest BCUT2D eigenvalue weighted by Gasteiger charge is -2.03. The van der Waals surface area contributed by atoms with E-state index in [4.69, 9.17) is 5.11 Å². The third-order valence-electron chi connectivity index (χ3n) is 2.45. The van der Waals surface area contributed by atoms with E-state index in [-0.39, 0.29) is 6.61 Å². The summed E-state index contributed by atoms with van der Waals surface area (Å²) in [6, 6.07) is 2.46. The zero-order valence-electron chi connectivity index (χ0n) is 7.58. The maximum absolute atomic E-state index is 8.73. The molecule has 1 aliphatic rings. The van der Waals surface area contributed by atoms with Crippen LogP contribution in [-0.4, -0.2) is 28.5 Å². The van der Waals surface area contributed by atoms with Gasteiger partial charge < -0.3 is 10.4 Å². The summed E-state index contributed by atoms with van der Waals surface area (Å²) in [6.07, 6.45) is 3.07. The molecule has 0 spiro atoms. The molecule has 0 radical (unpaired) electrons. The average Bonchev–Trinajstić information content (AvgIpc) is 2.70. The maximum Gasteiger partial charge on any atom is 0.0794 e. The molecule has 1 aromatic heterocycles. The normalized spacial score (nSPS) is 22.4. The van der Waals surface area contributed by atoms with Crippen LogP contribution in [0.15, 0.2) is 6.07 Å². The molecule has 2 heterocycles. The lowest BCUT2D eigenvalue weighted by Crippen LogP contribution is -2.12. The minimum absolute atomic E-state index is 0.180. The zero-order valence-corrected chi connectivity index (χ0v) is 7.58. The molecule has 72 valence electrons. The molecule has 0 bridgehead atoms. The quantitative estimate of drug-likeness (QED) is 0.631. The van der Waals surface area contributed by atoms with Gasteiger partial charge in [-0.25, -0.2) is 0 Å². The van der Waals surface area contributed by atoms with Crippen LogP contribution in [0.1, 0.15) is 30.3 Å². The molecule has 0 amide bonds. The van der Waals surface area contributed by atoms with Crippen LogP contribution in [0.25, 0.3) is 0 Å². The molecule has 1 atom stereocenters. The highest BCUT2D eigenvalue weighted by atomic mass is 16.3. The SMILES string of the molecule is OCCc1cc([C@@H]2CCCN2)n[nH]1. The van der Waals surface area contributed by atoms with Crippen molar-refractivity contribution in [1.82, 2.24) is 15.5 Å². The smallest absolute Gasteiger partial charge is 0.0794 e. The third-order valence-corrected chi connectivity index (χ3v) is 2.45. The maximum atomic E-state index is 8.73. The van der Waals surface area contributed by atoms with Crippen molar-refractivity contribution in [2.24, 2.45) is 0 Å². The third kappa shape index (κ3) is 1.89. The molecular formula is C9H15N3O. The van der Waals surface area contributed by atoms with Crippen molar-refractivity contribution < 1.29 is 5.11 Å². The Labute approximate surface area is 77.4 Å². The summed E-state index contributed by atoms with van der Waals surface area (Å²) in [5.74, 6) is 0. The fraction of sp³-hybridized carbons (Fsp3) is 0.667. The summed E-state index contributed by atoms with van der Waals surface area (Å²) in [6.45, 7) is 1.27. The van der Waals surface area contributed by atoms with Crippen molar-refractivity contribution in [3.8, 4) is 0 Å². The first-order chi connectivity index (χ1) is 6.40. The summed E-state index contributed by atoms with van der Waals surface area (Å²) >= 11 is 0. The van der Waals surface area contributed by atoms with E-state index >= 15 is 0 Å². The van der Waals surface area contributed by atoms with Gasteiger partial charge in [0.2, 0.25) is 0 Å². The molecule has 0 aromatic carbocycles. The molecule has 1 saturated heterocycles. The van der Waals surface area contributed by atoms with Gasteiger partial charge in [0.15, 0.2) is 0 Å². The van der Waals surface area contributed by atoms with E-state index in [0.29, 0.717) is 12.5 Å². The van der Waals surface area contributed by atoms with Crippen molar-refractivity contribution in [1.29, 1.82) is 0 Å². The second-order valence-electron chi connectivity index (χ2n) is 3.44. The van der Waals surface area contributed by atoms with Crippen molar-refractivity contribution in [3.05, 3.63) is 17.5 Å². The van der Waals surface area contributed by atoms with E-state index in [1.165, 1.54) is 12.8 Å². The number of nitrogens with zero attached hydrogens (tertiary/aromatic N) is 1. The predicted molar refractivity (Wildman–Crippen MR) is 49.4 cm³/mol. The molecule has 4 nitrogen and oxygen atoms in total. The summed E-state index contributed by atoms with van der Waals surface area (Å²) in [5, 5.41) is 19.3. The van der Waals surface area contributed by atoms with Crippen molar-refractivity contribution >= 4 is 0 Å². The highest BCUT2D eigenvalue weighted by Crippen LogP contribution is 2.21. The Kier molecular flexibility index (Phi) is 2.61. The molecule has 2 rings (SSSR count). The minimum Gasteiger partial charge on any atom is -0.396 e. The van der Waals surface area contributed by atoms with Crippen molar-refractivity contribution in [3.63, 3.8) is 0 Å². The number of hydrogen-bond acceptors (Lipinski definition) is 3. The van der Waals surface area contributed by atoms with E-state index in [0.717, 1.165) is 17.9 Å². The Morgan fingerprint density at radius 2 is 2.54 bits per heavy atom. The Bertz CT molecular complexity index is 266. The molecule has 0 saturated carbocycles. The van der Waals surface area contributed by atoms with Gasteiger partial charge >= 0.3 is 0 Å². The second kappa shape index (κ2) is 3.89. The summed E-state index contributed by atoms with van der Waals surface area (Å²) in [7, 11) is 0. The first-order valence-electron chi connectivity index (χ1n) is 4.78. The van der Waals surface area contributed by atoms with Gasteiger partial charge in [0, 0.05) is 18.7 Å². The Morgan fingerprint density at radius 1 is 1.62 bits per heavy atom. The lowest BCUT2D eigenvalue weighted by molar-refractivity contribution is 0.298. The number of nitrogens with one attached hydrogen (secondary N) is 2. The minimum atomic E-state index is 0.180. The Balaban J connectivity index is 2.03. The topological polar surface area (TPSA) is 60.9 Å². The highest BCUT2D eigenvalue weighted by molar-refractivity contribution is 5.13. The van der Waals surface area contributed by atoms with E-state index < -0.39 is 0 Å². The van der Waals surface area contributed by atoms with Crippen LogP contribution in [0.2, 0.25) is 0 Å². The Hall–Kier alpha value is -0.870. The largest absolute Gasteiger partial charge is 0.396 e. The van der Waals surface area contributed by atoms with Crippen molar-refractivity contribution in [2.75, 3.05) is 13.2 Å². The van der Waals surface area contributed by atoms with Crippen LogP contribution in [-0.2, 0) is 6.42 Å². The van der Waals surface area contributed by atoms with Gasteiger partial charge in [-0.2, -0.15) is 5.10 Å². The van der Waals surface area contributed by atoms with Crippen molar-refractivity contribution in [2.45, 2.75) is 25.3 Å². The number of hydrogen-bond donors (Lipinski definition) is 3. The molecular weight excluding hydrogens is 166 g/mol. The fourth-order valence-corrected chi connectivity index (χ4v) is 1.74. The number of rotatable bonds is 3. The van der Waals surface area contributed by atoms with E-state index in [1.54, 1.807) is 0 Å². The van der Waals surface area contributed by atoms with E-state index in [9.17, 15) is 0 Å². The summed E-state index contributed by atoms with van der Waals surface area (Å²) in [4.78, 5) is 0. The first-order valence-corrected chi connectivity index (χ1v) is 4.78. The van der Waals surface area contributed by atoms with Gasteiger partial charge in [-0.15, -0.1) is 0 Å². The molecule has 1 aromatic rings. The van der Waals surface area contributed by atoms with Crippen LogP contribution in [0.4, 0.5) is 0 Å². The zero-order chi connectivity index (χ0) is 9.10. The summed E-state index contributed by atoms with van der Waals surface area (Å²) in [5.41, 5.74) is 2.10. The molecule has 0 aliphatic carbocycles. The monoisotopic (exact) mass is 181 g/mol. The van der Waals surface area contributed by atoms with Crippen LogP contribution in [0.5, 0.6) is 0 Å². The van der Waals surface area contributed by atoms with Crippen LogP contribution in [0, 0.1) is 0 Å². The molecule has 1 aliphatic heterocycles. The number of aromatic nitrogens is 2. The predicted octanol–water partition coefficient (Wildman–Crippen LogP) is 0.369. The number of aliphatic hydroxyl groups is 1. The number of H-pyrrole nitrogens is 1. The Morgan fingerprint density at radius 3 is 3.23 bits per heavy atom. The fourth-order valence-electron chi connectivity index (χ4n) is 1.74. The molecule has 4 heteroatoms. The molecule has 13 heavy (non-hydrogen) atoms. The lowest BCUT2D eigenvalue weighted by atomic mass is 10.1. The van der Waals surface area contributed by atoms with Crippen LogP contribution in [0.3, 0.4) is 0 Å². The number of aromatic amines is 1. The van der Waals surface area contributed by atoms with Crippen LogP contribution < -0.4 is 5.32 Å². The molecule has 0 unspecified atom stereocenters. The van der Waals surface area contributed by atoms with Gasteiger partial charge in [0.05, 0.1) is 11.7 Å². The average molecular weight is 181 g/mol.